The zero-order valence-corrected chi connectivity index (χ0v) is 15.4. The Hall–Kier alpha value is -0.720. The fraction of sp³-hybridized carbons (Fsp3) is 0.143. The predicted octanol–water partition coefficient (Wildman–Crippen LogP) is 5.14. The van der Waals surface area contributed by atoms with E-state index in [1.165, 1.54) is 0 Å². The molecule has 0 atom stereocenters. The van der Waals surface area contributed by atoms with Gasteiger partial charge in [-0.3, -0.25) is 0 Å². The van der Waals surface area contributed by atoms with Crippen LogP contribution >= 0.6 is 47.8 Å². The molecule has 0 aliphatic heterocycles. The Morgan fingerprint density at radius 1 is 0.950 bits per heavy atom. The molecule has 0 aliphatic rings. The molecule has 2 rings (SSSR count). The Balaban J connectivity index is 2.16. The minimum atomic E-state index is 0.432. The molecule has 20 heavy (non-hydrogen) atoms. The minimum Gasteiger partial charge on any atom is -0.496 e. The molecule has 2 N–H and O–H groups in total. The molecule has 0 saturated carbocycles. The largest absolute Gasteiger partial charge is 0.496 e. The summed E-state index contributed by atoms with van der Waals surface area (Å²) in [6.45, 7) is 0.432. The molecule has 6 heteroatoms. The molecule has 0 spiro atoms. The molecule has 0 amide bonds. The Labute approximate surface area is 142 Å². The van der Waals surface area contributed by atoms with E-state index in [0.29, 0.717) is 12.3 Å². The fourth-order valence-electron chi connectivity index (χ4n) is 1.70. The van der Waals surface area contributed by atoms with Gasteiger partial charge in [0, 0.05) is 10.2 Å². The summed E-state index contributed by atoms with van der Waals surface area (Å²) in [6, 6.07) is 9.43. The van der Waals surface area contributed by atoms with Crippen molar-refractivity contribution < 1.29 is 9.47 Å². The van der Waals surface area contributed by atoms with Crippen LogP contribution in [0.15, 0.2) is 43.7 Å². The third-order valence-electron chi connectivity index (χ3n) is 2.58. The number of benzene rings is 2. The molecule has 3 nitrogen and oxygen atoms in total. The summed E-state index contributed by atoms with van der Waals surface area (Å²) in [6.07, 6.45) is 0. The molecule has 0 aliphatic carbocycles. The van der Waals surface area contributed by atoms with E-state index in [1.54, 1.807) is 7.11 Å². The lowest BCUT2D eigenvalue weighted by Gasteiger charge is -2.12. The van der Waals surface area contributed by atoms with Gasteiger partial charge in [-0.25, -0.2) is 0 Å². The molecule has 0 heterocycles. The van der Waals surface area contributed by atoms with Gasteiger partial charge < -0.3 is 15.2 Å². The number of anilines is 1. The number of nitrogens with two attached hydrogens (primary N) is 1. The van der Waals surface area contributed by atoms with Gasteiger partial charge in [0.25, 0.3) is 0 Å². The van der Waals surface area contributed by atoms with Crippen molar-refractivity contribution >= 4 is 53.5 Å². The van der Waals surface area contributed by atoms with Crippen molar-refractivity contribution in [2.75, 3.05) is 12.8 Å². The van der Waals surface area contributed by atoms with Crippen molar-refractivity contribution in [1.29, 1.82) is 0 Å². The van der Waals surface area contributed by atoms with Gasteiger partial charge in [0.2, 0.25) is 0 Å². The summed E-state index contributed by atoms with van der Waals surface area (Å²) < 4.78 is 13.6. The maximum Gasteiger partial charge on any atom is 0.135 e. The lowest BCUT2D eigenvalue weighted by atomic mass is 10.2. The Kier molecular flexibility index (Phi) is 5.35. The van der Waals surface area contributed by atoms with Crippen molar-refractivity contribution in [2.45, 2.75) is 6.61 Å². The average Bonchev–Trinajstić information content (AvgIpc) is 2.38. The highest BCUT2D eigenvalue weighted by atomic mass is 79.9. The molecule has 0 aromatic heterocycles. The lowest BCUT2D eigenvalue weighted by molar-refractivity contribution is 0.303. The van der Waals surface area contributed by atoms with Crippen molar-refractivity contribution in [1.82, 2.24) is 0 Å². The second-order valence-corrected chi connectivity index (χ2v) is 6.72. The molecule has 0 radical (unpaired) electrons. The zero-order valence-electron chi connectivity index (χ0n) is 10.6. The van der Waals surface area contributed by atoms with E-state index in [-0.39, 0.29) is 0 Å². The summed E-state index contributed by atoms with van der Waals surface area (Å²) in [7, 11) is 1.62. The van der Waals surface area contributed by atoms with E-state index >= 15 is 0 Å². The number of ether oxygens (including phenoxy) is 2. The summed E-state index contributed by atoms with van der Waals surface area (Å²) in [5, 5.41) is 0. The van der Waals surface area contributed by atoms with Crippen LogP contribution in [-0.2, 0) is 6.61 Å². The van der Waals surface area contributed by atoms with Crippen LogP contribution in [-0.4, -0.2) is 7.11 Å². The second kappa shape index (κ2) is 6.83. The molecule has 0 fully saturated rings. The van der Waals surface area contributed by atoms with Crippen molar-refractivity contribution in [3.05, 3.63) is 49.3 Å². The quantitative estimate of drug-likeness (QED) is 0.635. The Morgan fingerprint density at radius 3 is 2.25 bits per heavy atom. The number of rotatable bonds is 4. The van der Waals surface area contributed by atoms with Gasteiger partial charge in [-0.2, -0.15) is 0 Å². The van der Waals surface area contributed by atoms with E-state index in [9.17, 15) is 0 Å². The smallest absolute Gasteiger partial charge is 0.135 e. The van der Waals surface area contributed by atoms with Gasteiger partial charge in [0.15, 0.2) is 0 Å². The van der Waals surface area contributed by atoms with Crippen LogP contribution in [0.1, 0.15) is 5.56 Å². The number of hydrogen-bond donors (Lipinski definition) is 1. The van der Waals surface area contributed by atoms with Crippen LogP contribution in [0.3, 0.4) is 0 Å². The predicted molar refractivity (Wildman–Crippen MR) is 91.3 cm³/mol. The topological polar surface area (TPSA) is 44.5 Å². The Morgan fingerprint density at radius 2 is 1.60 bits per heavy atom. The van der Waals surface area contributed by atoms with Gasteiger partial charge >= 0.3 is 0 Å². The second-order valence-electron chi connectivity index (χ2n) is 4.10. The summed E-state index contributed by atoms with van der Waals surface area (Å²) in [5.41, 5.74) is 7.50. The Bertz CT molecular complexity index is 612. The first kappa shape index (κ1) is 15.7. The highest BCUT2D eigenvalue weighted by Crippen LogP contribution is 2.36. The van der Waals surface area contributed by atoms with Crippen LogP contribution in [0.4, 0.5) is 5.69 Å². The van der Waals surface area contributed by atoms with Gasteiger partial charge in [0.1, 0.15) is 18.1 Å². The molecular formula is C14H12Br3NO2. The number of nitrogen functional groups attached to an aromatic ring is 1. The van der Waals surface area contributed by atoms with E-state index in [1.807, 2.05) is 30.3 Å². The van der Waals surface area contributed by atoms with Crippen LogP contribution in [0.25, 0.3) is 0 Å². The zero-order chi connectivity index (χ0) is 14.7. The van der Waals surface area contributed by atoms with Gasteiger partial charge in [-0.1, -0.05) is 15.9 Å². The average molecular weight is 466 g/mol. The van der Waals surface area contributed by atoms with Crippen LogP contribution in [0, 0.1) is 0 Å². The first-order valence-electron chi connectivity index (χ1n) is 5.70. The normalized spacial score (nSPS) is 10.4. The SMILES string of the molecule is COc1cc(Br)c(OCc2cc(N)cc(Br)c2)cc1Br. The highest BCUT2D eigenvalue weighted by Gasteiger charge is 2.08. The summed E-state index contributed by atoms with van der Waals surface area (Å²) in [4.78, 5) is 0. The van der Waals surface area contributed by atoms with Crippen LogP contribution < -0.4 is 15.2 Å². The first-order valence-corrected chi connectivity index (χ1v) is 8.08. The van der Waals surface area contributed by atoms with E-state index in [2.05, 4.69) is 47.8 Å². The lowest BCUT2D eigenvalue weighted by Crippen LogP contribution is -1.98. The number of hydrogen-bond acceptors (Lipinski definition) is 3. The minimum absolute atomic E-state index is 0.432. The molecule has 0 saturated heterocycles. The van der Waals surface area contributed by atoms with Gasteiger partial charge in [-0.15, -0.1) is 0 Å². The molecule has 0 bridgehead atoms. The standard InChI is InChI=1S/C14H12Br3NO2/c1-19-13-5-12(17)14(6-11(13)16)20-7-8-2-9(15)4-10(18)3-8/h2-6H,7,18H2,1H3. The molecule has 0 unspecified atom stereocenters. The maximum atomic E-state index is 5.80. The van der Waals surface area contributed by atoms with Crippen molar-refractivity contribution in [2.24, 2.45) is 0 Å². The van der Waals surface area contributed by atoms with Crippen molar-refractivity contribution in [3.8, 4) is 11.5 Å². The van der Waals surface area contributed by atoms with Crippen LogP contribution in [0.5, 0.6) is 11.5 Å². The van der Waals surface area contributed by atoms with Crippen molar-refractivity contribution in [3.63, 3.8) is 0 Å². The molecule has 2 aromatic carbocycles. The summed E-state index contributed by atoms with van der Waals surface area (Å²) in [5.74, 6) is 1.48. The molecule has 106 valence electrons. The number of halogens is 3. The molecular weight excluding hydrogens is 454 g/mol. The third-order valence-corrected chi connectivity index (χ3v) is 4.28. The maximum absolute atomic E-state index is 5.80. The fourth-order valence-corrected chi connectivity index (χ4v) is 3.18. The monoisotopic (exact) mass is 463 g/mol. The summed E-state index contributed by atoms with van der Waals surface area (Å²) >= 11 is 10.3. The van der Waals surface area contributed by atoms with Gasteiger partial charge in [-0.05, 0) is 67.8 Å². The van der Waals surface area contributed by atoms with E-state index in [0.717, 1.165) is 30.5 Å². The first-order chi connectivity index (χ1) is 9.49. The molecule has 2 aromatic rings. The third kappa shape index (κ3) is 3.90. The van der Waals surface area contributed by atoms with Gasteiger partial charge in [0.05, 0.1) is 16.1 Å². The highest BCUT2D eigenvalue weighted by molar-refractivity contribution is 9.11. The van der Waals surface area contributed by atoms with E-state index in [4.69, 9.17) is 15.2 Å². The van der Waals surface area contributed by atoms with E-state index < -0.39 is 0 Å². The number of methoxy groups -OCH3 is 1. The van der Waals surface area contributed by atoms with Crippen LogP contribution in [0.2, 0.25) is 0 Å².